The molecule has 3 heterocycles. The lowest BCUT2D eigenvalue weighted by Crippen LogP contribution is -2.44. The molecule has 4 rings (SSSR count). The van der Waals surface area contributed by atoms with E-state index in [2.05, 4.69) is 16.9 Å². The van der Waals surface area contributed by atoms with Gasteiger partial charge >= 0.3 is 0 Å². The van der Waals surface area contributed by atoms with Crippen molar-refractivity contribution in [3.63, 3.8) is 0 Å². The fourth-order valence-corrected chi connectivity index (χ4v) is 3.97. The van der Waals surface area contributed by atoms with E-state index in [9.17, 15) is 9.59 Å². The maximum atomic E-state index is 12.9. The third-order valence-electron chi connectivity index (χ3n) is 5.62. The van der Waals surface area contributed by atoms with Gasteiger partial charge in [0.25, 0.3) is 11.5 Å². The Kier molecular flexibility index (Phi) is 4.07. The third-order valence-corrected chi connectivity index (χ3v) is 5.62. The van der Waals surface area contributed by atoms with E-state index in [1.807, 2.05) is 11.9 Å². The first-order valence-electron chi connectivity index (χ1n) is 9.04. The molecular formula is C19H24N4O2. The van der Waals surface area contributed by atoms with Crippen molar-refractivity contribution in [1.29, 1.82) is 0 Å². The molecule has 0 radical (unpaired) electrons. The maximum absolute atomic E-state index is 12.9. The number of rotatable bonds is 2. The molecule has 0 atom stereocenters. The van der Waals surface area contributed by atoms with Gasteiger partial charge in [0.05, 0.1) is 10.9 Å². The van der Waals surface area contributed by atoms with E-state index in [1.165, 1.54) is 0 Å². The zero-order valence-electron chi connectivity index (χ0n) is 14.9. The van der Waals surface area contributed by atoms with Crippen LogP contribution in [0, 0.1) is 0 Å². The first-order chi connectivity index (χ1) is 12.0. The van der Waals surface area contributed by atoms with Crippen molar-refractivity contribution in [2.75, 3.05) is 27.2 Å². The molecule has 6 nitrogen and oxygen atoms in total. The molecule has 1 aromatic heterocycles. The second-order valence-corrected chi connectivity index (χ2v) is 7.27. The smallest absolute Gasteiger partial charge is 0.261 e. The van der Waals surface area contributed by atoms with Crippen LogP contribution < -0.4 is 5.56 Å². The Morgan fingerprint density at radius 3 is 2.76 bits per heavy atom. The predicted molar refractivity (Wildman–Crippen MR) is 96.9 cm³/mol. The van der Waals surface area contributed by atoms with Gasteiger partial charge in [-0.2, -0.15) is 0 Å². The Hall–Kier alpha value is -2.21. The van der Waals surface area contributed by atoms with Crippen molar-refractivity contribution < 1.29 is 4.79 Å². The van der Waals surface area contributed by atoms with E-state index in [0.29, 0.717) is 16.5 Å². The molecule has 2 aromatic rings. The van der Waals surface area contributed by atoms with Gasteiger partial charge in [0, 0.05) is 31.6 Å². The van der Waals surface area contributed by atoms with E-state index < -0.39 is 0 Å². The van der Waals surface area contributed by atoms with Crippen LogP contribution in [0.15, 0.2) is 23.0 Å². The van der Waals surface area contributed by atoms with Crippen LogP contribution in [0.2, 0.25) is 0 Å². The molecule has 6 heteroatoms. The Bertz CT molecular complexity index is 881. The standard InChI is InChI=1S/C19H24N4O2/c1-21-10-7-14(8-11-21)22(2)18(24)13-5-6-15-16(12-13)20-17-4-3-9-23(17)19(15)25/h5-6,12,14H,3-4,7-11H2,1-2H3. The van der Waals surface area contributed by atoms with Crippen molar-refractivity contribution in [3.8, 4) is 0 Å². The number of nitrogens with zero attached hydrogens (tertiary/aromatic N) is 4. The number of hydrogen-bond acceptors (Lipinski definition) is 4. The molecule has 2 aliphatic heterocycles. The fourth-order valence-electron chi connectivity index (χ4n) is 3.97. The Balaban J connectivity index is 1.64. The van der Waals surface area contributed by atoms with Crippen molar-refractivity contribution in [2.45, 2.75) is 38.3 Å². The van der Waals surface area contributed by atoms with Gasteiger partial charge in [0.2, 0.25) is 0 Å². The minimum Gasteiger partial charge on any atom is -0.339 e. The summed E-state index contributed by atoms with van der Waals surface area (Å²) in [5, 5.41) is 0.601. The summed E-state index contributed by atoms with van der Waals surface area (Å²) in [6.45, 7) is 2.78. The van der Waals surface area contributed by atoms with E-state index >= 15 is 0 Å². The monoisotopic (exact) mass is 340 g/mol. The highest BCUT2D eigenvalue weighted by molar-refractivity contribution is 5.97. The number of amides is 1. The average molecular weight is 340 g/mol. The molecule has 0 N–H and O–H groups in total. The largest absolute Gasteiger partial charge is 0.339 e. The van der Waals surface area contributed by atoms with Gasteiger partial charge in [0.1, 0.15) is 5.82 Å². The van der Waals surface area contributed by atoms with Crippen LogP contribution in [0.5, 0.6) is 0 Å². The highest BCUT2D eigenvalue weighted by Crippen LogP contribution is 2.20. The zero-order valence-corrected chi connectivity index (χ0v) is 14.9. The van der Waals surface area contributed by atoms with Crippen molar-refractivity contribution in [1.82, 2.24) is 19.4 Å². The SMILES string of the molecule is CN1CCC(N(C)C(=O)c2ccc3c(=O)n4c(nc3c2)CCC4)CC1. The molecule has 0 unspecified atom stereocenters. The first-order valence-corrected chi connectivity index (χ1v) is 9.04. The lowest BCUT2D eigenvalue weighted by atomic mass is 10.0. The normalized spacial score (nSPS) is 18.5. The van der Waals surface area contributed by atoms with Crippen LogP contribution in [-0.2, 0) is 13.0 Å². The van der Waals surface area contributed by atoms with Gasteiger partial charge in [-0.3, -0.25) is 14.2 Å². The molecule has 1 aromatic carbocycles. The van der Waals surface area contributed by atoms with Gasteiger partial charge in [-0.1, -0.05) is 0 Å². The fraction of sp³-hybridized carbons (Fsp3) is 0.526. The highest BCUT2D eigenvalue weighted by Gasteiger charge is 2.25. The van der Waals surface area contributed by atoms with Gasteiger partial charge in [-0.05, 0) is 57.6 Å². The summed E-state index contributed by atoms with van der Waals surface area (Å²) in [7, 11) is 4.00. The van der Waals surface area contributed by atoms with Crippen molar-refractivity contribution >= 4 is 16.8 Å². The van der Waals surface area contributed by atoms with E-state index in [4.69, 9.17) is 0 Å². The molecule has 1 fully saturated rings. The molecule has 132 valence electrons. The molecule has 1 amide bonds. The van der Waals surface area contributed by atoms with Crippen LogP contribution in [-0.4, -0.2) is 58.5 Å². The summed E-state index contributed by atoms with van der Waals surface area (Å²) in [6, 6.07) is 5.58. The lowest BCUT2D eigenvalue weighted by molar-refractivity contribution is 0.0659. The molecule has 0 aliphatic carbocycles. The van der Waals surface area contributed by atoms with Crippen LogP contribution in [0.4, 0.5) is 0 Å². The number of piperidine rings is 1. The molecule has 2 aliphatic rings. The Morgan fingerprint density at radius 2 is 2.00 bits per heavy atom. The molecule has 1 saturated heterocycles. The topological polar surface area (TPSA) is 58.4 Å². The summed E-state index contributed by atoms with van der Waals surface area (Å²) < 4.78 is 1.76. The number of benzene rings is 1. The van der Waals surface area contributed by atoms with Crippen LogP contribution in [0.1, 0.15) is 35.4 Å². The van der Waals surface area contributed by atoms with Gasteiger partial charge in [-0.25, -0.2) is 4.98 Å². The van der Waals surface area contributed by atoms with Gasteiger partial charge < -0.3 is 9.80 Å². The van der Waals surface area contributed by atoms with Gasteiger partial charge in [0.15, 0.2) is 0 Å². The highest BCUT2D eigenvalue weighted by atomic mass is 16.2. The zero-order chi connectivity index (χ0) is 17.6. The Labute approximate surface area is 147 Å². The average Bonchev–Trinajstić information content (AvgIpc) is 3.09. The second kappa shape index (κ2) is 6.26. The lowest BCUT2D eigenvalue weighted by Gasteiger charge is -2.35. The quantitative estimate of drug-likeness (QED) is 0.831. The van der Waals surface area contributed by atoms with E-state index in [0.717, 1.165) is 51.1 Å². The summed E-state index contributed by atoms with van der Waals surface area (Å²) >= 11 is 0. The number of carbonyl (C=O) groups excluding carboxylic acids is 1. The number of fused-ring (bicyclic) bond motifs is 2. The summed E-state index contributed by atoms with van der Waals surface area (Å²) in [6.07, 6.45) is 3.79. The summed E-state index contributed by atoms with van der Waals surface area (Å²) in [5.74, 6) is 0.852. The number of carbonyl (C=O) groups is 1. The molecule has 0 spiro atoms. The molecular weight excluding hydrogens is 316 g/mol. The molecule has 0 bridgehead atoms. The summed E-state index contributed by atoms with van der Waals surface area (Å²) in [5.41, 5.74) is 1.27. The predicted octanol–water partition coefficient (Wildman–Crippen LogP) is 1.51. The minimum atomic E-state index is 0.0128. The summed E-state index contributed by atoms with van der Waals surface area (Å²) in [4.78, 5) is 34.2. The number of hydrogen-bond donors (Lipinski definition) is 0. The van der Waals surface area contributed by atoms with E-state index in [-0.39, 0.29) is 17.5 Å². The third kappa shape index (κ3) is 2.84. The van der Waals surface area contributed by atoms with Crippen molar-refractivity contribution in [3.05, 3.63) is 39.9 Å². The van der Waals surface area contributed by atoms with E-state index in [1.54, 1.807) is 22.8 Å². The first kappa shape index (κ1) is 16.3. The number of likely N-dealkylation sites (tertiary alicyclic amines) is 1. The number of aromatic nitrogens is 2. The van der Waals surface area contributed by atoms with Crippen LogP contribution >= 0.6 is 0 Å². The Morgan fingerprint density at radius 1 is 1.24 bits per heavy atom. The number of aryl methyl sites for hydroxylation is 1. The molecule has 0 saturated carbocycles. The van der Waals surface area contributed by atoms with Crippen molar-refractivity contribution in [2.24, 2.45) is 0 Å². The van der Waals surface area contributed by atoms with Crippen LogP contribution in [0.25, 0.3) is 10.9 Å². The maximum Gasteiger partial charge on any atom is 0.261 e. The molecule has 25 heavy (non-hydrogen) atoms. The van der Waals surface area contributed by atoms with Gasteiger partial charge in [-0.15, -0.1) is 0 Å². The minimum absolute atomic E-state index is 0.0128. The van der Waals surface area contributed by atoms with Crippen LogP contribution in [0.3, 0.4) is 0 Å². The second-order valence-electron chi connectivity index (χ2n) is 7.27.